The van der Waals surface area contributed by atoms with Gasteiger partial charge in [-0.25, -0.2) is 4.90 Å². The predicted octanol–water partition coefficient (Wildman–Crippen LogP) is 3.69. The van der Waals surface area contributed by atoms with Gasteiger partial charge in [-0.05, 0) is 36.1 Å². The summed E-state index contributed by atoms with van der Waals surface area (Å²) >= 11 is 1.34. The van der Waals surface area contributed by atoms with E-state index < -0.39 is 5.91 Å². The Kier molecular flexibility index (Phi) is 5.84. The number of ether oxygens (including phenoxy) is 1. The van der Waals surface area contributed by atoms with Gasteiger partial charge in [-0.15, -0.1) is 11.8 Å². The summed E-state index contributed by atoms with van der Waals surface area (Å²) in [6.45, 7) is 3.35. The Morgan fingerprint density at radius 2 is 1.75 bits per heavy atom. The standard InChI is InChI=1S/C21H20N2O4S/c1-4-28-19-18(16-7-5-6-8-17(16)27-3)20(25)23(21(19)26)15-11-9-14(10-12-15)22-13(2)24/h5-12H,4H2,1-3H3,(H,22,24). The highest BCUT2D eigenvalue weighted by Crippen LogP contribution is 2.41. The van der Waals surface area contributed by atoms with Crippen LogP contribution in [0.15, 0.2) is 53.4 Å². The van der Waals surface area contributed by atoms with Gasteiger partial charge in [0.2, 0.25) is 5.91 Å². The Labute approximate surface area is 167 Å². The van der Waals surface area contributed by atoms with Crippen LogP contribution in [0.25, 0.3) is 5.57 Å². The van der Waals surface area contributed by atoms with Crippen LogP contribution in [0.3, 0.4) is 0 Å². The molecule has 0 saturated carbocycles. The third-order valence-electron chi connectivity index (χ3n) is 4.15. The van der Waals surface area contributed by atoms with Gasteiger partial charge >= 0.3 is 0 Å². The van der Waals surface area contributed by atoms with Crippen LogP contribution >= 0.6 is 11.8 Å². The fourth-order valence-corrected chi connectivity index (χ4v) is 3.85. The van der Waals surface area contributed by atoms with E-state index in [2.05, 4.69) is 5.32 Å². The molecule has 0 fully saturated rings. The highest BCUT2D eigenvalue weighted by atomic mass is 32.2. The summed E-state index contributed by atoms with van der Waals surface area (Å²) in [5, 5.41) is 2.67. The highest BCUT2D eigenvalue weighted by Gasteiger charge is 2.40. The number of nitrogens with zero attached hydrogens (tertiary/aromatic N) is 1. The molecule has 3 rings (SSSR count). The SMILES string of the molecule is CCSC1=C(c2ccccc2OC)C(=O)N(c2ccc(NC(C)=O)cc2)C1=O. The van der Waals surface area contributed by atoms with Crippen molar-refractivity contribution in [2.45, 2.75) is 13.8 Å². The molecule has 0 unspecified atom stereocenters. The van der Waals surface area contributed by atoms with E-state index in [9.17, 15) is 14.4 Å². The summed E-state index contributed by atoms with van der Waals surface area (Å²) in [6.07, 6.45) is 0. The first kappa shape index (κ1) is 19.7. The maximum Gasteiger partial charge on any atom is 0.272 e. The average molecular weight is 396 g/mol. The van der Waals surface area contributed by atoms with E-state index in [1.54, 1.807) is 36.4 Å². The van der Waals surface area contributed by atoms with E-state index in [0.717, 1.165) is 4.90 Å². The van der Waals surface area contributed by atoms with E-state index in [4.69, 9.17) is 4.74 Å². The Morgan fingerprint density at radius 1 is 1.07 bits per heavy atom. The van der Waals surface area contributed by atoms with Gasteiger partial charge in [0.15, 0.2) is 0 Å². The second-order valence-electron chi connectivity index (χ2n) is 6.01. The van der Waals surface area contributed by atoms with Gasteiger partial charge in [0.05, 0.1) is 23.3 Å². The zero-order chi connectivity index (χ0) is 20.3. The molecule has 0 saturated heterocycles. The van der Waals surface area contributed by atoms with Gasteiger partial charge in [-0.3, -0.25) is 14.4 Å². The first-order chi connectivity index (χ1) is 13.5. The minimum atomic E-state index is -0.391. The first-order valence-electron chi connectivity index (χ1n) is 8.74. The monoisotopic (exact) mass is 396 g/mol. The predicted molar refractivity (Wildman–Crippen MR) is 111 cm³/mol. The van der Waals surface area contributed by atoms with Gasteiger partial charge in [-0.1, -0.05) is 25.1 Å². The van der Waals surface area contributed by atoms with E-state index in [1.807, 2.05) is 19.1 Å². The van der Waals surface area contributed by atoms with Crippen molar-refractivity contribution in [3.05, 3.63) is 59.0 Å². The second-order valence-corrected chi connectivity index (χ2v) is 7.29. The fourth-order valence-electron chi connectivity index (χ4n) is 3.01. The van der Waals surface area contributed by atoms with E-state index in [-0.39, 0.29) is 11.8 Å². The zero-order valence-electron chi connectivity index (χ0n) is 15.8. The molecular weight excluding hydrogens is 376 g/mol. The number of hydrogen-bond acceptors (Lipinski definition) is 5. The number of anilines is 2. The Balaban J connectivity index is 2.03. The third-order valence-corrected chi connectivity index (χ3v) is 5.11. The van der Waals surface area contributed by atoms with Crippen molar-refractivity contribution in [2.75, 3.05) is 23.1 Å². The molecule has 144 valence electrons. The molecular formula is C21H20N2O4S. The summed E-state index contributed by atoms with van der Waals surface area (Å²) in [4.78, 5) is 39.1. The normalized spacial score (nSPS) is 13.9. The van der Waals surface area contributed by atoms with Crippen LogP contribution in [0.4, 0.5) is 11.4 Å². The number of amides is 3. The number of imide groups is 1. The molecule has 0 spiro atoms. The number of carbonyl (C=O) groups excluding carboxylic acids is 3. The molecule has 3 amide bonds. The zero-order valence-corrected chi connectivity index (χ0v) is 16.6. The van der Waals surface area contributed by atoms with Crippen molar-refractivity contribution in [3.63, 3.8) is 0 Å². The number of rotatable bonds is 6. The Hall–Kier alpha value is -3.06. The lowest BCUT2D eigenvalue weighted by Crippen LogP contribution is -2.31. The van der Waals surface area contributed by atoms with Crippen LogP contribution in [0.1, 0.15) is 19.4 Å². The quantitative estimate of drug-likeness (QED) is 0.754. The second kappa shape index (κ2) is 8.31. The lowest BCUT2D eigenvalue weighted by atomic mass is 10.0. The summed E-state index contributed by atoms with van der Waals surface area (Å²) < 4.78 is 5.40. The summed E-state index contributed by atoms with van der Waals surface area (Å²) in [5.41, 5.74) is 1.98. The van der Waals surface area contributed by atoms with Gasteiger partial charge < -0.3 is 10.1 Å². The number of hydrogen-bond donors (Lipinski definition) is 1. The van der Waals surface area contributed by atoms with Crippen molar-refractivity contribution in [1.29, 1.82) is 0 Å². The van der Waals surface area contributed by atoms with Gasteiger partial charge in [0, 0.05) is 18.2 Å². The smallest absolute Gasteiger partial charge is 0.272 e. The molecule has 1 aliphatic rings. The molecule has 0 aromatic heterocycles. The summed E-state index contributed by atoms with van der Waals surface area (Å²) in [7, 11) is 1.53. The maximum atomic E-state index is 13.2. The molecule has 1 heterocycles. The van der Waals surface area contributed by atoms with Gasteiger partial charge in [0.1, 0.15) is 5.75 Å². The number of carbonyl (C=O) groups is 3. The van der Waals surface area contributed by atoms with Crippen LogP contribution in [-0.2, 0) is 14.4 Å². The van der Waals surface area contributed by atoms with E-state index in [1.165, 1.54) is 25.8 Å². The van der Waals surface area contributed by atoms with Crippen LogP contribution in [0.5, 0.6) is 5.75 Å². The highest BCUT2D eigenvalue weighted by molar-refractivity contribution is 8.04. The van der Waals surface area contributed by atoms with Gasteiger partial charge in [0.25, 0.3) is 11.8 Å². The number of para-hydroxylation sites is 1. The maximum absolute atomic E-state index is 13.2. The molecule has 2 aromatic rings. The number of nitrogens with one attached hydrogen (secondary N) is 1. The molecule has 0 atom stereocenters. The number of benzene rings is 2. The molecule has 7 heteroatoms. The summed E-state index contributed by atoms with van der Waals surface area (Å²) in [6, 6.07) is 13.8. The van der Waals surface area contributed by atoms with Crippen LogP contribution in [0.2, 0.25) is 0 Å². The molecule has 1 N–H and O–H groups in total. The Bertz CT molecular complexity index is 967. The largest absolute Gasteiger partial charge is 0.496 e. The number of methoxy groups -OCH3 is 1. The molecule has 0 bridgehead atoms. The van der Waals surface area contributed by atoms with Crippen LogP contribution in [-0.4, -0.2) is 30.6 Å². The third kappa shape index (κ3) is 3.66. The molecule has 6 nitrogen and oxygen atoms in total. The topological polar surface area (TPSA) is 75.7 Å². The lowest BCUT2D eigenvalue weighted by Gasteiger charge is -2.16. The van der Waals surface area contributed by atoms with Crippen LogP contribution < -0.4 is 15.0 Å². The minimum Gasteiger partial charge on any atom is -0.496 e. The molecule has 0 radical (unpaired) electrons. The van der Waals surface area contributed by atoms with Crippen molar-refractivity contribution in [1.82, 2.24) is 0 Å². The summed E-state index contributed by atoms with van der Waals surface area (Å²) in [5.74, 6) is 0.253. The molecule has 0 aliphatic carbocycles. The van der Waals surface area contributed by atoms with Crippen molar-refractivity contribution in [2.24, 2.45) is 0 Å². The molecule has 28 heavy (non-hydrogen) atoms. The van der Waals surface area contributed by atoms with Crippen molar-refractivity contribution >= 4 is 46.4 Å². The van der Waals surface area contributed by atoms with Crippen molar-refractivity contribution in [3.8, 4) is 5.75 Å². The Morgan fingerprint density at radius 3 is 2.36 bits per heavy atom. The van der Waals surface area contributed by atoms with Crippen molar-refractivity contribution < 1.29 is 19.1 Å². The average Bonchev–Trinajstić information content (AvgIpc) is 2.92. The lowest BCUT2D eigenvalue weighted by molar-refractivity contribution is -0.120. The molecule has 1 aliphatic heterocycles. The first-order valence-corrected chi connectivity index (χ1v) is 9.73. The minimum absolute atomic E-state index is 0.192. The van der Waals surface area contributed by atoms with E-state index in [0.29, 0.717) is 38.9 Å². The fraction of sp³-hybridized carbons (Fsp3) is 0.190. The van der Waals surface area contributed by atoms with Gasteiger partial charge in [-0.2, -0.15) is 0 Å². The van der Waals surface area contributed by atoms with Crippen LogP contribution in [0, 0.1) is 0 Å². The van der Waals surface area contributed by atoms with E-state index >= 15 is 0 Å². The number of thioether (sulfide) groups is 1. The molecule has 2 aromatic carbocycles.